The zero-order chi connectivity index (χ0) is 49.6. The molecule has 1 unspecified atom stereocenters. The van der Waals surface area contributed by atoms with Crippen molar-refractivity contribution in [2.24, 2.45) is 0 Å². The van der Waals surface area contributed by atoms with Crippen molar-refractivity contribution in [3.63, 3.8) is 0 Å². The normalized spacial score (nSPS) is 32.0. The van der Waals surface area contributed by atoms with Gasteiger partial charge in [-0.25, -0.2) is 28.8 Å². The van der Waals surface area contributed by atoms with Crippen LogP contribution in [0.4, 0.5) is 0 Å². The Morgan fingerprint density at radius 3 is 0.727 bits per heavy atom. The average Bonchev–Trinajstić information content (AvgIpc) is 3.25. The predicted octanol–water partition coefficient (Wildman–Crippen LogP) is 4.40. The fourth-order valence-corrected chi connectivity index (χ4v) is 5.62. The molecule has 3 heterocycles. The lowest BCUT2D eigenvalue weighted by Gasteiger charge is -2.15. The first-order chi connectivity index (χ1) is 31.1. The number of carbonyl (C=O) groups excluding carboxylic acids is 9. The number of hydrogen-bond donors (Lipinski definition) is 3. The van der Waals surface area contributed by atoms with Gasteiger partial charge in [0.25, 0.3) is 0 Å². The maximum absolute atomic E-state index is 11.6. The van der Waals surface area contributed by atoms with Gasteiger partial charge >= 0.3 is 35.8 Å². The third-order valence-corrected chi connectivity index (χ3v) is 9.48. The molecule has 3 N–H and O–H groups in total. The number of esters is 6. The predicted molar refractivity (Wildman–Crippen MR) is 237 cm³/mol. The van der Waals surface area contributed by atoms with Crippen LogP contribution in [0.5, 0.6) is 0 Å². The monoisotopic (exact) mass is 930 g/mol. The van der Waals surface area contributed by atoms with Crippen molar-refractivity contribution >= 4 is 53.2 Å². The molecule has 0 saturated heterocycles. The summed E-state index contributed by atoms with van der Waals surface area (Å²) >= 11 is 0. The molecule has 0 bridgehead atoms. The minimum Gasteiger partial charge on any atom is -0.460 e. The van der Waals surface area contributed by atoms with Gasteiger partial charge in [0.2, 0.25) is 0 Å². The Balaban J connectivity index is 0.000000495. The minimum absolute atomic E-state index is 0.149. The Bertz CT molecular complexity index is 1720. The van der Waals surface area contributed by atoms with Crippen LogP contribution in [0, 0.1) is 0 Å². The molecule has 18 heteroatoms. The summed E-state index contributed by atoms with van der Waals surface area (Å²) in [5, 5.41) is 29.2. The first-order valence-corrected chi connectivity index (χ1v) is 22.0. The standard InChI is InChI=1S/C16H24O6.C16H22O6.C16H20O6/c3*1-11-3-5-13(17)8-10-16(20)22-12(2)4-6-14(18)7-9-15(19)21-11/h7-14,17-18H,3-6H2,1-2H3;7-13,17H,3-6H2,1-2H3;7-12H,3-6H2,1-2H3/b3*9-7+,10-8+/t11-,12-,13+,14?;11-,12-,13+;11-,12-/m111/s1. The summed E-state index contributed by atoms with van der Waals surface area (Å²) in [6, 6.07) is 0. The summed E-state index contributed by atoms with van der Waals surface area (Å²) in [6.45, 7) is 10.1. The van der Waals surface area contributed by atoms with Crippen LogP contribution in [-0.4, -0.2) is 123 Å². The second-order valence-electron chi connectivity index (χ2n) is 16.0. The Hall–Kier alpha value is -5.85. The summed E-state index contributed by atoms with van der Waals surface area (Å²) in [4.78, 5) is 104. The van der Waals surface area contributed by atoms with Crippen LogP contribution in [0.15, 0.2) is 72.9 Å². The zero-order valence-corrected chi connectivity index (χ0v) is 38.6. The lowest BCUT2D eigenvalue weighted by Crippen LogP contribution is -2.18. The second kappa shape index (κ2) is 32.7. The molecule has 9 atom stereocenters. The number of ether oxygens (including phenoxy) is 6. The number of aliphatic hydroxyl groups is 3. The van der Waals surface area contributed by atoms with E-state index < -0.39 is 78.5 Å². The summed E-state index contributed by atoms with van der Waals surface area (Å²) in [5.74, 6) is -4.14. The molecule has 18 nitrogen and oxygen atoms in total. The number of aliphatic hydroxyl groups excluding tert-OH is 3. The highest BCUT2D eigenvalue weighted by atomic mass is 16.6. The third-order valence-electron chi connectivity index (χ3n) is 9.48. The van der Waals surface area contributed by atoms with Gasteiger partial charge in [-0.2, -0.15) is 0 Å². The first-order valence-electron chi connectivity index (χ1n) is 22.0. The summed E-state index contributed by atoms with van der Waals surface area (Å²) < 4.78 is 30.5. The molecular formula is C48H66O18. The van der Waals surface area contributed by atoms with Crippen LogP contribution in [0.2, 0.25) is 0 Å². The maximum atomic E-state index is 11.6. The van der Waals surface area contributed by atoms with E-state index in [0.717, 1.165) is 30.4 Å². The van der Waals surface area contributed by atoms with Crippen LogP contribution < -0.4 is 0 Å². The molecule has 0 radical (unpaired) electrons. The smallest absolute Gasteiger partial charge is 0.331 e. The van der Waals surface area contributed by atoms with E-state index in [1.165, 1.54) is 42.5 Å². The van der Waals surface area contributed by atoms with Crippen molar-refractivity contribution in [1.29, 1.82) is 0 Å². The maximum Gasteiger partial charge on any atom is 0.331 e. The summed E-state index contributed by atoms with van der Waals surface area (Å²) in [5.41, 5.74) is 0. The Kier molecular flexibility index (Phi) is 28.9. The summed E-state index contributed by atoms with van der Waals surface area (Å²) in [6.07, 6.45) is 13.4. The van der Waals surface area contributed by atoms with E-state index in [0.29, 0.717) is 57.8 Å². The van der Waals surface area contributed by atoms with Gasteiger partial charge in [0, 0.05) is 55.7 Å². The Morgan fingerprint density at radius 1 is 0.303 bits per heavy atom. The van der Waals surface area contributed by atoms with Crippen LogP contribution in [0.25, 0.3) is 0 Å². The topological polar surface area (TPSA) is 270 Å². The first kappa shape index (κ1) is 58.2. The Labute approximate surface area is 385 Å². The van der Waals surface area contributed by atoms with Gasteiger partial charge in [-0.3, -0.25) is 14.4 Å². The van der Waals surface area contributed by atoms with E-state index in [1.54, 1.807) is 41.5 Å². The fraction of sp³-hybridized carbons (Fsp3) is 0.562. The van der Waals surface area contributed by atoms with E-state index in [2.05, 4.69) is 0 Å². The fourth-order valence-electron chi connectivity index (χ4n) is 5.62. The van der Waals surface area contributed by atoms with Crippen LogP contribution >= 0.6 is 0 Å². The Morgan fingerprint density at radius 2 is 0.500 bits per heavy atom. The SMILES string of the molecule is C[C@@H]1CCC(=O)/C=C/C(=O)O[C@H](C)CCC(=O)/C=C/C(=O)O1.C[C@@H]1CCC(=O)/C=C/C(=O)O[C@H](C)CC[C@H](O)/C=C/C(=O)O1.C[C@@H]1CCC(O)/C=C/C(=O)O[C@H](C)CC[C@H](O)/C=C/C(=O)O1. The van der Waals surface area contributed by atoms with Crippen molar-refractivity contribution in [1.82, 2.24) is 0 Å². The molecule has 0 aromatic rings. The van der Waals surface area contributed by atoms with Crippen molar-refractivity contribution in [3.05, 3.63) is 72.9 Å². The van der Waals surface area contributed by atoms with Gasteiger partial charge in [-0.05, 0) is 136 Å². The van der Waals surface area contributed by atoms with Crippen molar-refractivity contribution in [2.45, 2.75) is 174 Å². The van der Waals surface area contributed by atoms with Crippen LogP contribution in [0.1, 0.15) is 119 Å². The molecule has 0 spiro atoms. The zero-order valence-electron chi connectivity index (χ0n) is 38.6. The van der Waals surface area contributed by atoms with Crippen molar-refractivity contribution in [3.8, 4) is 0 Å². The van der Waals surface area contributed by atoms with E-state index >= 15 is 0 Å². The lowest BCUT2D eigenvalue weighted by molar-refractivity contribution is -0.144. The second-order valence-corrected chi connectivity index (χ2v) is 16.0. The molecule has 3 aliphatic rings. The largest absolute Gasteiger partial charge is 0.460 e. The van der Waals surface area contributed by atoms with E-state index in [-0.39, 0.29) is 48.8 Å². The lowest BCUT2D eigenvalue weighted by atomic mass is 10.1. The van der Waals surface area contributed by atoms with E-state index in [1.807, 2.05) is 0 Å². The molecule has 3 aliphatic heterocycles. The van der Waals surface area contributed by atoms with Crippen LogP contribution in [-0.2, 0) is 71.6 Å². The molecule has 0 aromatic heterocycles. The molecule has 0 saturated carbocycles. The molecule has 0 amide bonds. The quantitative estimate of drug-likeness (QED) is 0.224. The number of rotatable bonds is 0. The number of carbonyl (C=O) groups is 9. The number of hydrogen-bond acceptors (Lipinski definition) is 18. The molecule has 0 aliphatic carbocycles. The van der Waals surface area contributed by atoms with Crippen molar-refractivity contribution in [2.75, 3.05) is 0 Å². The molecule has 0 fully saturated rings. The molecule has 3 rings (SSSR count). The summed E-state index contributed by atoms with van der Waals surface area (Å²) in [7, 11) is 0. The van der Waals surface area contributed by atoms with Gasteiger partial charge in [0.15, 0.2) is 17.3 Å². The molecule has 66 heavy (non-hydrogen) atoms. The number of allylic oxidation sites excluding steroid dienone is 3. The number of ketones is 3. The van der Waals surface area contributed by atoms with Gasteiger partial charge in [0.05, 0.1) is 54.9 Å². The molecule has 0 aromatic carbocycles. The van der Waals surface area contributed by atoms with Gasteiger partial charge in [-0.1, -0.05) is 0 Å². The average molecular weight is 931 g/mol. The number of cyclic esters (lactones) is 6. The van der Waals surface area contributed by atoms with E-state index in [4.69, 9.17) is 28.4 Å². The molecular weight excluding hydrogens is 865 g/mol. The highest BCUT2D eigenvalue weighted by molar-refractivity contribution is 5.97. The highest BCUT2D eigenvalue weighted by Gasteiger charge is 2.17. The van der Waals surface area contributed by atoms with Gasteiger partial charge < -0.3 is 43.7 Å². The van der Waals surface area contributed by atoms with Crippen molar-refractivity contribution < 1.29 is 86.9 Å². The highest BCUT2D eigenvalue weighted by Crippen LogP contribution is 2.13. The minimum atomic E-state index is -0.811. The van der Waals surface area contributed by atoms with Gasteiger partial charge in [-0.15, -0.1) is 0 Å². The van der Waals surface area contributed by atoms with Crippen LogP contribution in [0.3, 0.4) is 0 Å². The third kappa shape index (κ3) is 31.1. The van der Waals surface area contributed by atoms with E-state index in [9.17, 15) is 58.5 Å². The molecule has 366 valence electrons. The van der Waals surface area contributed by atoms with Gasteiger partial charge in [0.1, 0.15) is 0 Å².